The molecule has 2 N–H and O–H groups in total. The van der Waals surface area contributed by atoms with E-state index in [0.29, 0.717) is 29.1 Å². The highest BCUT2D eigenvalue weighted by Gasteiger charge is 2.18. The fraction of sp³-hybridized carbons (Fsp3) is 0.571. The van der Waals surface area contributed by atoms with Crippen LogP contribution in [0.3, 0.4) is 0 Å². The lowest BCUT2D eigenvalue weighted by Gasteiger charge is -2.23. The predicted octanol–water partition coefficient (Wildman–Crippen LogP) is 1.99. The monoisotopic (exact) mass is 296 g/mol. The Labute approximate surface area is 124 Å². The third-order valence-electron chi connectivity index (χ3n) is 3.63. The zero-order valence-electron chi connectivity index (χ0n) is 11.9. The van der Waals surface area contributed by atoms with Crippen molar-refractivity contribution in [3.63, 3.8) is 0 Å². The van der Waals surface area contributed by atoms with Gasteiger partial charge in [-0.1, -0.05) is 11.6 Å². The Morgan fingerprint density at radius 1 is 1.45 bits per heavy atom. The number of amides is 1. The third kappa shape index (κ3) is 3.84. The minimum Gasteiger partial charge on any atom is -0.373 e. The SMILES string of the molecule is CNc1cc(C(=O)NCC(C)N2CCCC2)cc(Cl)n1. The van der Waals surface area contributed by atoms with E-state index >= 15 is 0 Å². The van der Waals surface area contributed by atoms with Crippen LogP contribution in [0.5, 0.6) is 0 Å². The summed E-state index contributed by atoms with van der Waals surface area (Å²) in [7, 11) is 1.75. The van der Waals surface area contributed by atoms with E-state index in [2.05, 4.69) is 27.4 Å². The van der Waals surface area contributed by atoms with Crippen LogP contribution in [0.15, 0.2) is 12.1 Å². The van der Waals surface area contributed by atoms with Crippen molar-refractivity contribution in [2.75, 3.05) is 32.0 Å². The number of hydrogen-bond acceptors (Lipinski definition) is 4. The largest absolute Gasteiger partial charge is 0.373 e. The summed E-state index contributed by atoms with van der Waals surface area (Å²) >= 11 is 5.90. The number of anilines is 1. The first-order valence-electron chi connectivity index (χ1n) is 6.97. The average Bonchev–Trinajstić information content (AvgIpc) is 2.97. The fourth-order valence-electron chi connectivity index (χ4n) is 2.41. The molecule has 0 aliphatic carbocycles. The number of nitrogens with one attached hydrogen (secondary N) is 2. The van der Waals surface area contributed by atoms with Crippen LogP contribution in [0.4, 0.5) is 5.82 Å². The highest BCUT2D eigenvalue weighted by atomic mass is 35.5. The first kappa shape index (κ1) is 15.1. The molecular formula is C14H21ClN4O. The van der Waals surface area contributed by atoms with Crippen LogP contribution in [0.2, 0.25) is 5.15 Å². The van der Waals surface area contributed by atoms with Crippen LogP contribution in [0.25, 0.3) is 0 Å². The highest BCUT2D eigenvalue weighted by Crippen LogP contribution is 2.14. The minimum atomic E-state index is -0.114. The first-order valence-corrected chi connectivity index (χ1v) is 7.35. The summed E-state index contributed by atoms with van der Waals surface area (Å²) in [6.45, 7) is 5.04. The van der Waals surface area contributed by atoms with Gasteiger partial charge in [0.2, 0.25) is 0 Å². The van der Waals surface area contributed by atoms with Crippen molar-refractivity contribution in [1.29, 1.82) is 0 Å². The molecule has 1 fully saturated rings. The molecule has 0 bridgehead atoms. The number of aromatic nitrogens is 1. The van der Waals surface area contributed by atoms with Gasteiger partial charge in [-0.3, -0.25) is 9.69 Å². The molecular weight excluding hydrogens is 276 g/mol. The van der Waals surface area contributed by atoms with Crippen LogP contribution in [-0.2, 0) is 0 Å². The highest BCUT2D eigenvalue weighted by molar-refractivity contribution is 6.29. The summed E-state index contributed by atoms with van der Waals surface area (Å²) in [5.41, 5.74) is 0.531. The van der Waals surface area contributed by atoms with E-state index < -0.39 is 0 Å². The maximum atomic E-state index is 12.1. The Kier molecular flexibility index (Phi) is 5.20. The second-order valence-corrected chi connectivity index (χ2v) is 5.50. The molecule has 6 heteroatoms. The topological polar surface area (TPSA) is 57.3 Å². The van der Waals surface area contributed by atoms with Gasteiger partial charge in [-0.05, 0) is 45.0 Å². The molecule has 2 heterocycles. The van der Waals surface area contributed by atoms with E-state index in [-0.39, 0.29) is 5.91 Å². The molecule has 1 amide bonds. The van der Waals surface area contributed by atoms with Crippen LogP contribution >= 0.6 is 11.6 Å². The number of rotatable bonds is 5. The predicted molar refractivity (Wildman–Crippen MR) is 81.4 cm³/mol. The summed E-state index contributed by atoms with van der Waals surface area (Å²) in [6, 6.07) is 3.64. The summed E-state index contributed by atoms with van der Waals surface area (Å²) in [4.78, 5) is 18.6. The van der Waals surface area contributed by atoms with Crippen molar-refractivity contribution in [2.45, 2.75) is 25.8 Å². The average molecular weight is 297 g/mol. The van der Waals surface area contributed by atoms with Gasteiger partial charge in [0.15, 0.2) is 0 Å². The number of hydrogen-bond donors (Lipinski definition) is 2. The van der Waals surface area contributed by atoms with Gasteiger partial charge in [0, 0.05) is 25.2 Å². The summed E-state index contributed by atoms with van der Waals surface area (Å²) in [6.07, 6.45) is 2.51. The van der Waals surface area contributed by atoms with Crippen molar-refractivity contribution in [2.24, 2.45) is 0 Å². The molecule has 110 valence electrons. The molecule has 5 nitrogen and oxygen atoms in total. The summed E-state index contributed by atoms with van der Waals surface area (Å²) < 4.78 is 0. The van der Waals surface area contributed by atoms with Gasteiger partial charge in [-0.15, -0.1) is 0 Å². The third-order valence-corrected chi connectivity index (χ3v) is 3.83. The van der Waals surface area contributed by atoms with Crippen LogP contribution in [0, 0.1) is 0 Å². The lowest BCUT2D eigenvalue weighted by Crippen LogP contribution is -2.40. The minimum absolute atomic E-state index is 0.114. The number of carbonyl (C=O) groups excluding carboxylic acids is 1. The lowest BCUT2D eigenvalue weighted by atomic mass is 10.2. The van der Waals surface area contributed by atoms with Crippen molar-refractivity contribution >= 4 is 23.3 Å². The number of likely N-dealkylation sites (tertiary alicyclic amines) is 1. The maximum absolute atomic E-state index is 12.1. The van der Waals surface area contributed by atoms with Gasteiger partial charge in [-0.25, -0.2) is 4.98 Å². The normalized spacial score (nSPS) is 16.9. The van der Waals surface area contributed by atoms with Crippen molar-refractivity contribution in [3.8, 4) is 0 Å². The number of halogens is 1. The number of carbonyl (C=O) groups is 1. The zero-order valence-corrected chi connectivity index (χ0v) is 12.7. The van der Waals surface area contributed by atoms with Gasteiger partial charge < -0.3 is 10.6 Å². The van der Waals surface area contributed by atoms with E-state index in [1.165, 1.54) is 12.8 Å². The van der Waals surface area contributed by atoms with Crippen LogP contribution in [0.1, 0.15) is 30.1 Å². The second-order valence-electron chi connectivity index (χ2n) is 5.12. The molecule has 1 saturated heterocycles. The standard InChI is InChI=1S/C14H21ClN4O/c1-10(19-5-3-4-6-19)9-17-14(20)11-7-12(15)18-13(8-11)16-2/h7-8,10H,3-6,9H2,1-2H3,(H,16,18)(H,17,20). The first-order chi connectivity index (χ1) is 9.60. The smallest absolute Gasteiger partial charge is 0.251 e. The Bertz CT molecular complexity index is 474. The number of nitrogens with zero attached hydrogens (tertiary/aromatic N) is 2. The van der Waals surface area contributed by atoms with Gasteiger partial charge in [0.1, 0.15) is 11.0 Å². The Morgan fingerprint density at radius 2 is 2.15 bits per heavy atom. The van der Waals surface area contributed by atoms with Crippen molar-refractivity contribution < 1.29 is 4.79 Å². The Hall–Kier alpha value is -1.33. The van der Waals surface area contributed by atoms with E-state index in [9.17, 15) is 4.79 Å². The van der Waals surface area contributed by atoms with E-state index in [4.69, 9.17) is 11.6 Å². The van der Waals surface area contributed by atoms with Gasteiger partial charge >= 0.3 is 0 Å². The molecule has 0 saturated carbocycles. The summed E-state index contributed by atoms with van der Waals surface area (Å²) in [5, 5.41) is 6.16. The second kappa shape index (κ2) is 6.90. The zero-order chi connectivity index (χ0) is 14.5. The van der Waals surface area contributed by atoms with Gasteiger partial charge in [0.05, 0.1) is 0 Å². The van der Waals surface area contributed by atoms with E-state index in [1.54, 1.807) is 19.2 Å². The van der Waals surface area contributed by atoms with E-state index in [1.807, 2.05) is 0 Å². The molecule has 2 rings (SSSR count). The van der Waals surface area contributed by atoms with Crippen molar-refractivity contribution in [3.05, 3.63) is 22.8 Å². The molecule has 1 atom stereocenters. The van der Waals surface area contributed by atoms with Gasteiger partial charge in [-0.2, -0.15) is 0 Å². The molecule has 1 aromatic heterocycles. The molecule has 1 aromatic rings. The lowest BCUT2D eigenvalue weighted by molar-refractivity contribution is 0.0940. The molecule has 1 aliphatic rings. The quantitative estimate of drug-likeness (QED) is 0.816. The molecule has 1 unspecified atom stereocenters. The number of pyridine rings is 1. The summed E-state index contributed by atoms with van der Waals surface area (Å²) in [5.74, 6) is 0.479. The van der Waals surface area contributed by atoms with Crippen LogP contribution in [-0.4, -0.2) is 48.5 Å². The maximum Gasteiger partial charge on any atom is 0.251 e. The Balaban J connectivity index is 1.92. The Morgan fingerprint density at radius 3 is 2.80 bits per heavy atom. The molecule has 0 spiro atoms. The molecule has 20 heavy (non-hydrogen) atoms. The molecule has 0 radical (unpaired) electrons. The van der Waals surface area contributed by atoms with Crippen molar-refractivity contribution in [1.82, 2.24) is 15.2 Å². The van der Waals surface area contributed by atoms with Crippen LogP contribution < -0.4 is 10.6 Å². The molecule has 0 aromatic carbocycles. The van der Waals surface area contributed by atoms with E-state index in [0.717, 1.165) is 13.1 Å². The molecule has 1 aliphatic heterocycles. The fourth-order valence-corrected chi connectivity index (χ4v) is 2.62. The van der Waals surface area contributed by atoms with Gasteiger partial charge in [0.25, 0.3) is 5.91 Å².